The molecule has 5 heteroatoms. The van der Waals surface area contributed by atoms with Gasteiger partial charge in [-0.1, -0.05) is 34.1 Å². The molecule has 0 saturated carbocycles. The van der Waals surface area contributed by atoms with E-state index in [9.17, 15) is 9.18 Å². The van der Waals surface area contributed by atoms with Crippen molar-refractivity contribution in [1.82, 2.24) is 0 Å². The number of aromatic carboxylic acids is 1. The summed E-state index contributed by atoms with van der Waals surface area (Å²) in [5.41, 5.74) is 1.46. The van der Waals surface area contributed by atoms with E-state index >= 15 is 0 Å². The van der Waals surface area contributed by atoms with Gasteiger partial charge in [-0.05, 0) is 29.8 Å². The van der Waals surface area contributed by atoms with Crippen LogP contribution in [0.5, 0.6) is 0 Å². The molecular formula is C15H13BrFNO2. The molecule has 0 spiro atoms. The van der Waals surface area contributed by atoms with Crippen LogP contribution in [0.1, 0.15) is 15.9 Å². The molecule has 1 N–H and O–H groups in total. The van der Waals surface area contributed by atoms with Gasteiger partial charge in [0.25, 0.3) is 0 Å². The summed E-state index contributed by atoms with van der Waals surface area (Å²) in [5, 5.41) is 9.16. The van der Waals surface area contributed by atoms with Crippen molar-refractivity contribution in [1.29, 1.82) is 0 Å². The van der Waals surface area contributed by atoms with E-state index in [4.69, 9.17) is 5.11 Å². The zero-order valence-corrected chi connectivity index (χ0v) is 12.4. The van der Waals surface area contributed by atoms with Gasteiger partial charge in [0.2, 0.25) is 0 Å². The molecule has 0 saturated heterocycles. The van der Waals surface area contributed by atoms with Crippen LogP contribution in [0.25, 0.3) is 0 Å². The molecule has 3 nitrogen and oxygen atoms in total. The minimum absolute atomic E-state index is 0.0421. The molecule has 2 aromatic carbocycles. The van der Waals surface area contributed by atoms with Crippen molar-refractivity contribution in [2.75, 3.05) is 11.9 Å². The summed E-state index contributed by atoms with van der Waals surface area (Å²) in [6.07, 6.45) is 0. The van der Waals surface area contributed by atoms with Gasteiger partial charge in [-0.15, -0.1) is 0 Å². The molecule has 0 aliphatic carbocycles. The third-order valence-corrected chi connectivity index (χ3v) is 3.74. The molecule has 0 amide bonds. The second-order valence-electron chi connectivity index (χ2n) is 4.41. The molecule has 0 atom stereocenters. The lowest BCUT2D eigenvalue weighted by molar-refractivity contribution is 0.0697. The van der Waals surface area contributed by atoms with Crippen molar-refractivity contribution in [3.05, 3.63) is 63.9 Å². The predicted molar refractivity (Wildman–Crippen MR) is 79.6 cm³/mol. The Kier molecular flexibility index (Phi) is 4.39. The highest BCUT2D eigenvalue weighted by Crippen LogP contribution is 2.24. The van der Waals surface area contributed by atoms with E-state index in [0.717, 1.165) is 16.1 Å². The summed E-state index contributed by atoms with van der Waals surface area (Å²) in [6, 6.07) is 11.5. The van der Waals surface area contributed by atoms with Gasteiger partial charge in [0.05, 0.1) is 11.3 Å². The molecule has 0 aliphatic heterocycles. The van der Waals surface area contributed by atoms with Crippen LogP contribution in [0.3, 0.4) is 0 Å². The van der Waals surface area contributed by atoms with Crippen molar-refractivity contribution in [2.45, 2.75) is 6.54 Å². The summed E-state index contributed by atoms with van der Waals surface area (Å²) in [7, 11) is 1.78. The molecule has 0 heterocycles. The van der Waals surface area contributed by atoms with E-state index in [2.05, 4.69) is 15.9 Å². The number of anilines is 1. The summed E-state index contributed by atoms with van der Waals surface area (Å²) < 4.78 is 14.1. The maximum Gasteiger partial charge on any atom is 0.337 e. The SMILES string of the molecule is CN(Cc1ccccc1Br)c1ccc(F)cc1C(=O)O. The number of nitrogens with zero attached hydrogens (tertiary/aromatic N) is 1. The number of rotatable bonds is 4. The Morgan fingerprint density at radius 1 is 1.30 bits per heavy atom. The largest absolute Gasteiger partial charge is 0.478 e. The molecule has 0 aromatic heterocycles. The third-order valence-electron chi connectivity index (χ3n) is 2.97. The highest BCUT2D eigenvalue weighted by molar-refractivity contribution is 9.10. The van der Waals surface area contributed by atoms with E-state index in [1.54, 1.807) is 11.9 Å². The smallest absolute Gasteiger partial charge is 0.337 e. The van der Waals surface area contributed by atoms with Crippen molar-refractivity contribution in [2.24, 2.45) is 0 Å². The Labute approximate surface area is 124 Å². The van der Waals surface area contributed by atoms with Crippen LogP contribution >= 0.6 is 15.9 Å². The van der Waals surface area contributed by atoms with E-state index in [-0.39, 0.29) is 5.56 Å². The molecule has 0 aliphatic rings. The Hall–Kier alpha value is -1.88. The van der Waals surface area contributed by atoms with Crippen LogP contribution in [-0.4, -0.2) is 18.1 Å². The summed E-state index contributed by atoms with van der Waals surface area (Å²) in [4.78, 5) is 13.0. The van der Waals surface area contributed by atoms with E-state index in [0.29, 0.717) is 12.2 Å². The van der Waals surface area contributed by atoms with Crippen LogP contribution in [-0.2, 0) is 6.54 Å². The standard InChI is InChI=1S/C15H13BrFNO2/c1-18(9-10-4-2-3-5-13(10)16)14-7-6-11(17)8-12(14)15(19)20/h2-8H,9H2,1H3,(H,19,20). The number of carboxylic acids is 1. The van der Waals surface area contributed by atoms with Crippen molar-refractivity contribution in [3.8, 4) is 0 Å². The van der Waals surface area contributed by atoms with Gasteiger partial charge in [-0.3, -0.25) is 0 Å². The number of benzene rings is 2. The Morgan fingerprint density at radius 2 is 2.00 bits per heavy atom. The number of carboxylic acid groups (broad SMARTS) is 1. The normalized spacial score (nSPS) is 10.3. The first-order valence-electron chi connectivity index (χ1n) is 5.96. The molecular weight excluding hydrogens is 325 g/mol. The quantitative estimate of drug-likeness (QED) is 0.919. The Bertz CT molecular complexity index is 646. The lowest BCUT2D eigenvalue weighted by Gasteiger charge is -2.22. The lowest BCUT2D eigenvalue weighted by Crippen LogP contribution is -2.19. The van der Waals surface area contributed by atoms with Crippen molar-refractivity contribution in [3.63, 3.8) is 0 Å². The molecule has 2 aromatic rings. The summed E-state index contributed by atoms with van der Waals surface area (Å²) >= 11 is 3.45. The first-order chi connectivity index (χ1) is 9.49. The number of halogens is 2. The van der Waals surface area contributed by atoms with Gasteiger partial charge in [-0.25, -0.2) is 9.18 Å². The fourth-order valence-corrected chi connectivity index (χ4v) is 2.39. The molecule has 20 heavy (non-hydrogen) atoms. The average Bonchev–Trinajstić information content (AvgIpc) is 2.41. The van der Waals surface area contributed by atoms with Crippen molar-refractivity contribution < 1.29 is 14.3 Å². The molecule has 0 radical (unpaired) electrons. The van der Waals surface area contributed by atoms with Crippen LogP contribution in [0, 0.1) is 5.82 Å². The summed E-state index contributed by atoms with van der Waals surface area (Å²) in [6.45, 7) is 0.521. The zero-order chi connectivity index (χ0) is 14.7. The van der Waals surface area contributed by atoms with Crippen LogP contribution in [0.2, 0.25) is 0 Å². The topological polar surface area (TPSA) is 40.5 Å². The fraction of sp³-hybridized carbons (Fsp3) is 0.133. The fourth-order valence-electron chi connectivity index (χ4n) is 1.98. The van der Waals surface area contributed by atoms with E-state index < -0.39 is 11.8 Å². The minimum atomic E-state index is -1.14. The Morgan fingerprint density at radius 3 is 2.65 bits per heavy atom. The first-order valence-corrected chi connectivity index (χ1v) is 6.75. The van der Waals surface area contributed by atoms with Gasteiger partial charge >= 0.3 is 5.97 Å². The number of hydrogen-bond donors (Lipinski definition) is 1. The zero-order valence-electron chi connectivity index (χ0n) is 10.8. The highest BCUT2D eigenvalue weighted by atomic mass is 79.9. The Balaban J connectivity index is 2.32. The van der Waals surface area contributed by atoms with Gasteiger partial charge in [0.1, 0.15) is 5.82 Å². The second kappa shape index (κ2) is 6.05. The molecule has 104 valence electrons. The molecule has 2 rings (SSSR count). The van der Waals surface area contributed by atoms with Crippen LogP contribution < -0.4 is 4.90 Å². The van der Waals surface area contributed by atoms with Gasteiger partial charge in [0, 0.05) is 18.1 Å². The van der Waals surface area contributed by atoms with Gasteiger partial charge in [0.15, 0.2) is 0 Å². The predicted octanol–water partition coefficient (Wildman–Crippen LogP) is 3.92. The van der Waals surface area contributed by atoms with Crippen molar-refractivity contribution >= 4 is 27.6 Å². The van der Waals surface area contributed by atoms with E-state index in [1.165, 1.54) is 12.1 Å². The lowest BCUT2D eigenvalue weighted by atomic mass is 10.1. The number of carbonyl (C=O) groups is 1. The molecule has 0 fully saturated rings. The maximum atomic E-state index is 13.2. The third kappa shape index (κ3) is 3.17. The van der Waals surface area contributed by atoms with Crippen LogP contribution in [0.4, 0.5) is 10.1 Å². The maximum absolute atomic E-state index is 13.2. The van der Waals surface area contributed by atoms with E-state index in [1.807, 2.05) is 24.3 Å². The van der Waals surface area contributed by atoms with Gasteiger partial charge in [-0.2, -0.15) is 0 Å². The molecule has 0 bridgehead atoms. The second-order valence-corrected chi connectivity index (χ2v) is 5.27. The first kappa shape index (κ1) is 14.5. The number of hydrogen-bond acceptors (Lipinski definition) is 2. The minimum Gasteiger partial charge on any atom is -0.478 e. The highest BCUT2D eigenvalue weighted by Gasteiger charge is 2.15. The average molecular weight is 338 g/mol. The van der Waals surface area contributed by atoms with Crippen LogP contribution in [0.15, 0.2) is 46.9 Å². The molecule has 0 unspecified atom stereocenters. The monoisotopic (exact) mass is 337 g/mol. The summed E-state index contributed by atoms with van der Waals surface area (Å²) in [5.74, 6) is -1.70. The van der Waals surface area contributed by atoms with Gasteiger partial charge < -0.3 is 10.0 Å².